The molecule has 0 fully saturated rings. The number of aliphatic imine (C=N–C) groups is 1. The second-order valence-corrected chi connectivity index (χ2v) is 7.36. The van der Waals surface area contributed by atoms with E-state index in [0.29, 0.717) is 18.0 Å². The molecule has 1 aromatic carbocycles. The van der Waals surface area contributed by atoms with E-state index in [-0.39, 0.29) is 12.4 Å². The third-order valence-electron chi connectivity index (χ3n) is 3.92. The van der Waals surface area contributed by atoms with Crippen LogP contribution in [0.25, 0.3) is 0 Å². The van der Waals surface area contributed by atoms with E-state index in [2.05, 4.69) is 40.1 Å². The lowest BCUT2D eigenvalue weighted by molar-refractivity contribution is 0.181. The summed E-state index contributed by atoms with van der Waals surface area (Å²) >= 11 is 1.80. The predicted octanol–water partition coefficient (Wildman–Crippen LogP) is 3.97. The minimum Gasteiger partial charge on any atom is -0.380 e. The van der Waals surface area contributed by atoms with Gasteiger partial charge >= 0.3 is 0 Å². The Morgan fingerprint density at radius 2 is 2.15 bits per heavy atom. The van der Waals surface area contributed by atoms with Gasteiger partial charge in [-0.2, -0.15) is 0 Å². The molecule has 0 saturated heterocycles. The number of guanidine groups is 1. The molecule has 0 aliphatic heterocycles. The molecular formula is C20H28FN3OS. The standard InChI is InChI=1S/C20H28FN3OS/c1-4-22-20(23-12-15(2)10-18-6-5-9-26-18)24-13-16-7-8-19(21)17(11-16)14-25-3/h5-9,11,15H,4,10,12-14H2,1-3H3,(H2,22,23,24). The van der Waals surface area contributed by atoms with Crippen molar-refractivity contribution < 1.29 is 9.13 Å². The van der Waals surface area contributed by atoms with Crippen molar-refractivity contribution >= 4 is 17.3 Å². The lowest BCUT2D eigenvalue weighted by Gasteiger charge is -2.15. The maximum Gasteiger partial charge on any atom is 0.191 e. The third kappa shape index (κ3) is 6.77. The van der Waals surface area contributed by atoms with E-state index in [1.54, 1.807) is 24.5 Å². The Balaban J connectivity index is 1.92. The van der Waals surface area contributed by atoms with E-state index in [0.717, 1.165) is 31.0 Å². The average Bonchev–Trinajstić information content (AvgIpc) is 3.13. The van der Waals surface area contributed by atoms with Crippen molar-refractivity contribution in [1.29, 1.82) is 0 Å². The minimum atomic E-state index is -0.244. The van der Waals surface area contributed by atoms with Crippen LogP contribution in [0.5, 0.6) is 0 Å². The summed E-state index contributed by atoms with van der Waals surface area (Å²) in [6.45, 7) is 6.67. The van der Waals surface area contributed by atoms with Crippen LogP contribution in [0.1, 0.15) is 29.9 Å². The van der Waals surface area contributed by atoms with Gasteiger partial charge in [0.25, 0.3) is 0 Å². The van der Waals surface area contributed by atoms with Crippen molar-refractivity contribution in [3.8, 4) is 0 Å². The Morgan fingerprint density at radius 1 is 1.31 bits per heavy atom. The van der Waals surface area contributed by atoms with Crippen LogP contribution in [0.2, 0.25) is 0 Å². The SMILES string of the molecule is CCNC(=NCc1ccc(F)c(COC)c1)NCC(C)Cc1cccs1. The second kappa shape index (κ2) is 10.9. The van der Waals surface area contributed by atoms with Crippen LogP contribution in [0.4, 0.5) is 4.39 Å². The van der Waals surface area contributed by atoms with Crippen LogP contribution >= 0.6 is 11.3 Å². The smallest absolute Gasteiger partial charge is 0.191 e. The first-order valence-electron chi connectivity index (χ1n) is 8.93. The molecule has 1 unspecified atom stereocenters. The molecular weight excluding hydrogens is 349 g/mol. The molecule has 0 aliphatic carbocycles. The number of rotatable bonds is 9. The van der Waals surface area contributed by atoms with Crippen molar-refractivity contribution in [2.24, 2.45) is 10.9 Å². The molecule has 4 nitrogen and oxygen atoms in total. The number of halogens is 1. The summed E-state index contributed by atoms with van der Waals surface area (Å²) in [5, 5.41) is 8.77. The first kappa shape index (κ1) is 20.4. The number of thiophene rings is 1. The van der Waals surface area contributed by atoms with Crippen LogP contribution in [-0.2, 0) is 24.3 Å². The Bertz CT molecular complexity index is 688. The summed E-state index contributed by atoms with van der Waals surface area (Å²) < 4.78 is 18.7. The Hall–Kier alpha value is -1.92. The number of ether oxygens (including phenoxy) is 1. The number of methoxy groups -OCH3 is 1. The molecule has 1 atom stereocenters. The van der Waals surface area contributed by atoms with Gasteiger partial charge in [0.05, 0.1) is 13.2 Å². The second-order valence-electron chi connectivity index (χ2n) is 6.32. The lowest BCUT2D eigenvalue weighted by atomic mass is 10.1. The lowest BCUT2D eigenvalue weighted by Crippen LogP contribution is -2.39. The largest absolute Gasteiger partial charge is 0.380 e. The summed E-state index contributed by atoms with van der Waals surface area (Å²) in [6.07, 6.45) is 1.06. The van der Waals surface area contributed by atoms with Crippen LogP contribution in [0.15, 0.2) is 40.7 Å². The predicted molar refractivity (Wildman–Crippen MR) is 107 cm³/mol. The number of nitrogens with one attached hydrogen (secondary N) is 2. The fraction of sp³-hybridized carbons (Fsp3) is 0.450. The van der Waals surface area contributed by atoms with Gasteiger partial charge in [0.15, 0.2) is 5.96 Å². The molecule has 6 heteroatoms. The molecule has 1 aromatic heterocycles. The van der Waals surface area contributed by atoms with Crippen molar-refractivity contribution in [2.75, 3.05) is 20.2 Å². The summed E-state index contributed by atoms with van der Waals surface area (Å²) in [6, 6.07) is 9.31. The quantitative estimate of drug-likeness (QED) is 0.513. The van der Waals surface area contributed by atoms with Crippen LogP contribution < -0.4 is 10.6 Å². The van der Waals surface area contributed by atoms with Crippen LogP contribution in [0.3, 0.4) is 0 Å². The molecule has 0 saturated carbocycles. The molecule has 2 aromatic rings. The maximum absolute atomic E-state index is 13.7. The van der Waals surface area contributed by atoms with Gasteiger partial charge in [-0.15, -0.1) is 11.3 Å². The van der Waals surface area contributed by atoms with E-state index in [1.807, 2.05) is 13.0 Å². The summed E-state index contributed by atoms with van der Waals surface area (Å²) in [5.41, 5.74) is 1.52. The fourth-order valence-corrected chi connectivity index (χ4v) is 3.49. The summed E-state index contributed by atoms with van der Waals surface area (Å²) in [7, 11) is 1.56. The summed E-state index contributed by atoms with van der Waals surface area (Å²) in [4.78, 5) is 6.02. The monoisotopic (exact) mass is 377 g/mol. The first-order valence-corrected chi connectivity index (χ1v) is 9.81. The molecule has 0 radical (unpaired) electrons. The average molecular weight is 378 g/mol. The molecule has 0 amide bonds. The van der Waals surface area contributed by atoms with E-state index in [9.17, 15) is 4.39 Å². The van der Waals surface area contributed by atoms with E-state index < -0.39 is 0 Å². The molecule has 142 valence electrons. The number of benzene rings is 1. The van der Waals surface area contributed by atoms with Gasteiger partial charge in [0, 0.05) is 30.6 Å². The van der Waals surface area contributed by atoms with Crippen molar-refractivity contribution in [3.63, 3.8) is 0 Å². The third-order valence-corrected chi connectivity index (χ3v) is 4.82. The molecule has 26 heavy (non-hydrogen) atoms. The number of hydrogen-bond donors (Lipinski definition) is 2. The van der Waals surface area contributed by atoms with Crippen molar-refractivity contribution in [1.82, 2.24) is 10.6 Å². The first-order chi connectivity index (χ1) is 12.6. The Morgan fingerprint density at radius 3 is 2.85 bits per heavy atom. The van der Waals surface area contributed by atoms with Gasteiger partial charge in [0.2, 0.25) is 0 Å². The highest BCUT2D eigenvalue weighted by molar-refractivity contribution is 7.09. The van der Waals surface area contributed by atoms with Crippen LogP contribution in [0, 0.1) is 11.7 Å². The van der Waals surface area contributed by atoms with Gasteiger partial charge in [0.1, 0.15) is 5.82 Å². The van der Waals surface area contributed by atoms with Gasteiger partial charge in [-0.25, -0.2) is 9.38 Å². The zero-order valence-corrected chi connectivity index (χ0v) is 16.5. The van der Waals surface area contributed by atoms with E-state index in [4.69, 9.17) is 4.74 Å². The maximum atomic E-state index is 13.7. The Kier molecular flexibility index (Phi) is 8.58. The van der Waals surface area contributed by atoms with Gasteiger partial charge in [-0.05, 0) is 48.4 Å². The van der Waals surface area contributed by atoms with Gasteiger partial charge < -0.3 is 15.4 Å². The number of nitrogens with zero attached hydrogens (tertiary/aromatic N) is 1. The molecule has 0 aliphatic rings. The molecule has 1 heterocycles. The van der Waals surface area contributed by atoms with Crippen molar-refractivity contribution in [2.45, 2.75) is 33.4 Å². The van der Waals surface area contributed by atoms with Crippen LogP contribution in [-0.4, -0.2) is 26.2 Å². The minimum absolute atomic E-state index is 0.244. The number of hydrogen-bond acceptors (Lipinski definition) is 3. The molecule has 0 spiro atoms. The normalized spacial score (nSPS) is 12.8. The zero-order chi connectivity index (χ0) is 18.8. The molecule has 0 bridgehead atoms. The highest BCUT2D eigenvalue weighted by atomic mass is 32.1. The fourth-order valence-electron chi connectivity index (χ4n) is 2.62. The van der Waals surface area contributed by atoms with Gasteiger partial charge in [-0.1, -0.05) is 19.1 Å². The Labute approximate surface area is 159 Å². The molecule has 2 N–H and O–H groups in total. The topological polar surface area (TPSA) is 45.7 Å². The highest BCUT2D eigenvalue weighted by Gasteiger charge is 2.07. The zero-order valence-electron chi connectivity index (χ0n) is 15.7. The van der Waals surface area contributed by atoms with Gasteiger partial charge in [-0.3, -0.25) is 0 Å². The molecule has 2 rings (SSSR count). The summed E-state index contributed by atoms with van der Waals surface area (Å²) in [5.74, 6) is 1.05. The van der Waals surface area contributed by atoms with E-state index >= 15 is 0 Å². The highest BCUT2D eigenvalue weighted by Crippen LogP contribution is 2.14. The van der Waals surface area contributed by atoms with E-state index in [1.165, 1.54) is 10.9 Å². The van der Waals surface area contributed by atoms with Crippen molar-refractivity contribution in [3.05, 3.63) is 57.5 Å².